The fourth-order valence-corrected chi connectivity index (χ4v) is 3.56. The van der Waals surface area contributed by atoms with Gasteiger partial charge in [0.1, 0.15) is 30.6 Å². The van der Waals surface area contributed by atoms with E-state index < -0.39 is 0 Å². The second-order valence-corrected chi connectivity index (χ2v) is 6.45. The molecule has 2 aliphatic rings. The van der Waals surface area contributed by atoms with E-state index in [1.54, 1.807) is 11.8 Å². The van der Waals surface area contributed by atoms with Crippen molar-refractivity contribution >= 4 is 5.91 Å². The lowest BCUT2D eigenvalue weighted by molar-refractivity contribution is -0.126. The molecule has 0 bridgehead atoms. The number of ether oxygens (including phenoxy) is 4. The number of hydrogen-bond donors (Lipinski definition) is 1. The minimum absolute atomic E-state index is 0.00427. The van der Waals surface area contributed by atoms with Crippen LogP contribution in [0.25, 0.3) is 11.4 Å². The maximum atomic E-state index is 11.8. The fourth-order valence-electron chi connectivity index (χ4n) is 3.56. The van der Waals surface area contributed by atoms with Crippen molar-refractivity contribution in [1.82, 2.24) is 25.5 Å². The molecule has 2 aromatic rings. The lowest BCUT2D eigenvalue weighted by atomic mass is 10.1. The van der Waals surface area contributed by atoms with E-state index in [1.807, 2.05) is 24.3 Å². The summed E-state index contributed by atoms with van der Waals surface area (Å²) in [7, 11) is 3.09. The summed E-state index contributed by atoms with van der Waals surface area (Å²) >= 11 is 0. The van der Waals surface area contributed by atoms with Crippen molar-refractivity contribution in [3.63, 3.8) is 0 Å². The summed E-state index contributed by atoms with van der Waals surface area (Å²) in [4.78, 5) is 11.8. The molecule has 1 amide bonds. The van der Waals surface area contributed by atoms with Gasteiger partial charge in [-0.05, 0) is 22.6 Å². The molecular weight excluding hydrogens is 354 g/mol. The zero-order chi connectivity index (χ0) is 18.8. The first-order chi connectivity index (χ1) is 13.2. The van der Waals surface area contributed by atoms with E-state index in [0.717, 1.165) is 11.3 Å². The number of aromatic nitrogens is 4. The van der Waals surface area contributed by atoms with Crippen molar-refractivity contribution in [1.29, 1.82) is 0 Å². The number of nitrogens with zero attached hydrogens (tertiary/aromatic N) is 4. The van der Waals surface area contributed by atoms with Crippen LogP contribution in [0.2, 0.25) is 0 Å². The molecule has 4 unspecified atom stereocenters. The Morgan fingerprint density at radius 3 is 2.96 bits per heavy atom. The number of carbonyl (C=O) groups excluding carboxylic acids is 1. The SMILES string of the molecule is COCC(=O)NC1COC2C1OCC2n1nnnc1-c1cccc(OC)c1. The zero-order valence-electron chi connectivity index (χ0n) is 15.1. The van der Waals surface area contributed by atoms with Crippen LogP contribution in [0.1, 0.15) is 6.04 Å². The molecular formula is C17H21N5O5. The molecule has 10 nitrogen and oxygen atoms in total. The summed E-state index contributed by atoms with van der Waals surface area (Å²) in [6.45, 7) is 0.774. The molecule has 2 aliphatic heterocycles. The van der Waals surface area contributed by atoms with Crippen LogP contribution >= 0.6 is 0 Å². The average Bonchev–Trinajstić information content (AvgIpc) is 3.39. The van der Waals surface area contributed by atoms with E-state index in [0.29, 0.717) is 19.0 Å². The molecule has 0 spiro atoms. The van der Waals surface area contributed by atoms with Gasteiger partial charge >= 0.3 is 0 Å². The van der Waals surface area contributed by atoms with Gasteiger partial charge in [-0.25, -0.2) is 4.68 Å². The highest BCUT2D eigenvalue weighted by Crippen LogP contribution is 2.36. The zero-order valence-corrected chi connectivity index (χ0v) is 15.1. The van der Waals surface area contributed by atoms with Crippen molar-refractivity contribution in [2.75, 3.05) is 34.0 Å². The number of carbonyl (C=O) groups is 1. The largest absolute Gasteiger partial charge is 0.497 e. The normalized spacial score (nSPS) is 26.7. The maximum Gasteiger partial charge on any atom is 0.246 e. The van der Waals surface area contributed by atoms with E-state index in [9.17, 15) is 4.79 Å². The van der Waals surface area contributed by atoms with Crippen LogP contribution in [-0.2, 0) is 19.0 Å². The quantitative estimate of drug-likeness (QED) is 0.740. The number of hydrogen-bond acceptors (Lipinski definition) is 8. The number of rotatable bonds is 6. The highest BCUT2D eigenvalue weighted by Gasteiger charge is 2.50. The number of methoxy groups -OCH3 is 2. The van der Waals surface area contributed by atoms with Crippen LogP contribution in [0.4, 0.5) is 0 Å². The Labute approximate surface area is 155 Å². The second kappa shape index (κ2) is 7.59. The van der Waals surface area contributed by atoms with Crippen molar-refractivity contribution in [3.8, 4) is 17.1 Å². The van der Waals surface area contributed by atoms with Crippen LogP contribution < -0.4 is 10.1 Å². The standard InChI is InChI=1S/C17H21N5O5/c1-24-9-14(23)18-12-7-26-16-13(8-27-15(12)16)22-17(19-20-21-22)10-4-3-5-11(6-10)25-2/h3-6,12-13,15-16H,7-9H2,1-2H3,(H,18,23). The Morgan fingerprint density at radius 2 is 2.15 bits per heavy atom. The predicted octanol–water partition coefficient (Wildman–Crippen LogP) is -0.181. The summed E-state index contributed by atoms with van der Waals surface area (Å²) in [6, 6.07) is 7.13. The first-order valence-corrected chi connectivity index (χ1v) is 8.65. The third-order valence-electron chi connectivity index (χ3n) is 4.78. The molecule has 2 fully saturated rings. The average molecular weight is 375 g/mol. The van der Waals surface area contributed by atoms with Gasteiger partial charge in [0.15, 0.2) is 5.82 Å². The lowest BCUT2D eigenvalue weighted by Gasteiger charge is -2.18. The molecule has 1 N–H and O–H groups in total. The summed E-state index contributed by atoms with van der Waals surface area (Å²) in [5.41, 5.74) is 0.839. The van der Waals surface area contributed by atoms with Gasteiger partial charge in [0.2, 0.25) is 5.91 Å². The van der Waals surface area contributed by atoms with Gasteiger partial charge in [-0.2, -0.15) is 0 Å². The van der Waals surface area contributed by atoms with Crippen LogP contribution in [-0.4, -0.2) is 78.4 Å². The number of benzene rings is 1. The Bertz CT molecular complexity index is 813. The van der Waals surface area contributed by atoms with Gasteiger partial charge in [-0.3, -0.25) is 4.79 Å². The summed E-state index contributed by atoms with van der Waals surface area (Å²) in [5, 5.41) is 15.0. The molecule has 144 valence electrons. The molecule has 1 aromatic carbocycles. The van der Waals surface area contributed by atoms with E-state index in [1.165, 1.54) is 7.11 Å². The Kier molecular flexibility index (Phi) is 5.01. The van der Waals surface area contributed by atoms with Crippen molar-refractivity contribution in [3.05, 3.63) is 24.3 Å². The van der Waals surface area contributed by atoms with E-state index >= 15 is 0 Å². The molecule has 4 atom stereocenters. The fraction of sp³-hybridized carbons (Fsp3) is 0.529. The molecule has 10 heteroatoms. The van der Waals surface area contributed by atoms with Gasteiger partial charge in [0.25, 0.3) is 0 Å². The molecule has 0 radical (unpaired) electrons. The number of nitrogens with one attached hydrogen (secondary N) is 1. The number of tetrazole rings is 1. The molecule has 1 aromatic heterocycles. The van der Waals surface area contributed by atoms with Crippen LogP contribution in [0.3, 0.4) is 0 Å². The van der Waals surface area contributed by atoms with E-state index in [4.69, 9.17) is 18.9 Å². The van der Waals surface area contributed by atoms with Crippen LogP contribution in [0.5, 0.6) is 5.75 Å². The first kappa shape index (κ1) is 17.8. The molecule has 0 saturated carbocycles. The Morgan fingerprint density at radius 1 is 1.30 bits per heavy atom. The molecule has 0 aliphatic carbocycles. The van der Waals surface area contributed by atoms with Crippen LogP contribution in [0.15, 0.2) is 24.3 Å². The van der Waals surface area contributed by atoms with Crippen molar-refractivity contribution in [2.24, 2.45) is 0 Å². The second-order valence-electron chi connectivity index (χ2n) is 6.45. The number of amides is 1. The predicted molar refractivity (Wildman–Crippen MR) is 92.1 cm³/mol. The maximum absolute atomic E-state index is 11.8. The molecule has 3 heterocycles. The van der Waals surface area contributed by atoms with Crippen molar-refractivity contribution in [2.45, 2.75) is 24.3 Å². The lowest BCUT2D eigenvalue weighted by Crippen LogP contribution is -2.45. The van der Waals surface area contributed by atoms with Gasteiger partial charge in [-0.15, -0.1) is 5.10 Å². The van der Waals surface area contributed by atoms with Gasteiger partial charge < -0.3 is 24.3 Å². The molecule has 4 rings (SSSR count). The third-order valence-corrected chi connectivity index (χ3v) is 4.78. The van der Waals surface area contributed by atoms with E-state index in [-0.39, 0.29) is 36.8 Å². The van der Waals surface area contributed by atoms with E-state index in [2.05, 4.69) is 20.8 Å². The summed E-state index contributed by atoms with van der Waals surface area (Å²) in [5.74, 6) is 1.14. The Balaban J connectivity index is 1.53. The first-order valence-electron chi connectivity index (χ1n) is 8.65. The minimum Gasteiger partial charge on any atom is -0.497 e. The van der Waals surface area contributed by atoms with Crippen LogP contribution in [0, 0.1) is 0 Å². The summed E-state index contributed by atoms with van der Waals surface area (Å²) < 4.78 is 23.7. The van der Waals surface area contributed by atoms with Crippen molar-refractivity contribution < 1.29 is 23.7 Å². The van der Waals surface area contributed by atoms with Gasteiger partial charge in [0, 0.05) is 12.7 Å². The summed E-state index contributed by atoms with van der Waals surface area (Å²) in [6.07, 6.45) is -0.496. The smallest absolute Gasteiger partial charge is 0.246 e. The Hall–Kier alpha value is -2.56. The number of fused-ring (bicyclic) bond motifs is 1. The highest BCUT2D eigenvalue weighted by molar-refractivity contribution is 5.77. The van der Waals surface area contributed by atoms with Gasteiger partial charge in [-0.1, -0.05) is 12.1 Å². The monoisotopic (exact) mass is 375 g/mol. The molecule has 2 saturated heterocycles. The third kappa shape index (κ3) is 3.38. The highest BCUT2D eigenvalue weighted by atomic mass is 16.6. The van der Waals surface area contributed by atoms with Gasteiger partial charge in [0.05, 0.1) is 26.4 Å². The topological polar surface area (TPSA) is 110 Å². The minimum atomic E-state index is -0.252. The molecule has 27 heavy (non-hydrogen) atoms.